The summed E-state index contributed by atoms with van der Waals surface area (Å²) >= 11 is 1.61. The van der Waals surface area contributed by atoms with Crippen molar-refractivity contribution < 1.29 is 14.3 Å². The summed E-state index contributed by atoms with van der Waals surface area (Å²) < 4.78 is 10.9. The van der Waals surface area contributed by atoms with Crippen LogP contribution in [0, 0.1) is 6.92 Å². The Kier molecular flexibility index (Phi) is 8.35. The van der Waals surface area contributed by atoms with Crippen molar-refractivity contribution in [3.8, 4) is 11.5 Å². The highest BCUT2D eigenvalue weighted by atomic mass is 32.2. The number of nitrogens with one attached hydrogen (secondary N) is 1. The summed E-state index contributed by atoms with van der Waals surface area (Å²) in [6, 6.07) is 15.9. The molecule has 5 heteroatoms. The Morgan fingerprint density at radius 3 is 2.62 bits per heavy atom. The summed E-state index contributed by atoms with van der Waals surface area (Å²) in [6.07, 6.45) is 0.809. The average Bonchev–Trinajstić information content (AvgIpc) is 2.65. The molecule has 1 unspecified atom stereocenters. The predicted octanol–water partition coefficient (Wildman–Crippen LogP) is 3.86. The highest BCUT2D eigenvalue weighted by Crippen LogP contribution is 2.15. The predicted molar refractivity (Wildman–Crippen MR) is 108 cm³/mol. The lowest BCUT2D eigenvalue weighted by Crippen LogP contribution is -2.32. The summed E-state index contributed by atoms with van der Waals surface area (Å²) in [7, 11) is 1.65. The van der Waals surface area contributed by atoms with Crippen LogP contribution in [0.3, 0.4) is 0 Å². The van der Waals surface area contributed by atoms with Crippen molar-refractivity contribution in [2.24, 2.45) is 0 Å². The van der Waals surface area contributed by atoms with Crippen LogP contribution in [-0.2, 0) is 11.2 Å². The third-order valence-electron chi connectivity index (χ3n) is 3.95. The van der Waals surface area contributed by atoms with Crippen molar-refractivity contribution in [1.29, 1.82) is 0 Å². The van der Waals surface area contributed by atoms with E-state index in [2.05, 4.69) is 5.32 Å². The maximum atomic E-state index is 12.1. The molecular formula is C21H27NO3S. The van der Waals surface area contributed by atoms with Crippen molar-refractivity contribution in [3.63, 3.8) is 0 Å². The minimum Gasteiger partial charge on any atom is -0.497 e. The van der Waals surface area contributed by atoms with E-state index in [4.69, 9.17) is 9.47 Å². The van der Waals surface area contributed by atoms with Gasteiger partial charge in [-0.1, -0.05) is 24.3 Å². The Morgan fingerprint density at radius 2 is 1.92 bits per heavy atom. The molecule has 0 aliphatic carbocycles. The topological polar surface area (TPSA) is 47.6 Å². The fraction of sp³-hybridized carbons (Fsp3) is 0.381. The van der Waals surface area contributed by atoms with Crippen LogP contribution in [0.4, 0.5) is 0 Å². The average molecular weight is 374 g/mol. The van der Waals surface area contributed by atoms with E-state index in [1.807, 2.05) is 62.4 Å². The van der Waals surface area contributed by atoms with Gasteiger partial charge in [-0.3, -0.25) is 4.79 Å². The van der Waals surface area contributed by atoms with Crippen molar-refractivity contribution in [3.05, 3.63) is 59.7 Å². The van der Waals surface area contributed by atoms with Gasteiger partial charge in [0.15, 0.2) is 0 Å². The van der Waals surface area contributed by atoms with Gasteiger partial charge >= 0.3 is 0 Å². The molecule has 0 fully saturated rings. The zero-order valence-electron chi connectivity index (χ0n) is 15.7. The number of methoxy groups -OCH3 is 1. The number of thioether (sulfide) groups is 1. The first-order valence-electron chi connectivity index (χ1n) is 8.80. The second-order valence-electron chi connectivity index (χ2n) is 6.07. The molecule has 26 heavy (non-hydrogen) atoms. The first-order valence-corrected chi connectivity index (χ1v) is 9.85. The molecule has 0 aromatic heterocycles. The van der Waals surface area contributed by atoms with Crippen molar-refractivity contribution >= 4 is 17.7 Å². The van der Waals surface area contributed by atoms with Crippen LogP contribution in [0.15, 0.2) is 48.5 Å². The Labute approximate surface area is 160 Å². The van der Waals surface area contributed by atoms with Crippen LogP contribution in [-0.4, -0.2) is 37.2 Å². The molecule has 2 aromatic carbocycles. The molecule has 0 radical (unpaired) electrons. The smallest absolute Gasteiger partial charge is 0.232 e. The largest absolute Gasteiger partial charge is 0.497 e. The standard InChI is InChI=1S/C21H27NO3S/c1-16-5-4-6-20(15-16)25-13-14-26-17(2)21(23)22-12-11-18-7-9-19(24-3)10-8-18/h4-10,15,17H,11-14H2,1-3H3,(H,22,23). The van der Waals surface area contributed by atoms with E-state index in [0.29, 0.717) is 13.2 Å². The van der Waals surface area contributed by atoms with Crippen LogP contribution in [0.5, 0.6) is 11.5 Å². The van der Waals surface area contributed by atoms with Gasteiger partial charge < -0.3 is 14.8 Å². The summed E-state index contributed by atoms with van der Waals surface area (Å²) in [5.41, 5.74) is 2.36. The fourth-order valence-corrected chi connectivity index (χ4v) is 3.20. The Hall–Kier alpha value is -2.14. The van der Waals surface area contributed by atoms with Gasteiger partial charge in [-0.15, -0.1) is 11.8 Å². The fourth-order valence-electron chi connectivity index (χ4n) is 2.43. The molecule has 2 aromatic rings. The van der Waals surface area contributed by atoms with Gasteiger partial charge in [0, 0.05) is 12.3 Å². The number of benzene rings is 2. The zero-order chi connectivity index (χ0) is 18.8. The third kappa shape index (κ3) is 7.00. The molecule has 0 saturated carbocycles. The number of carbonyl (C=O) groups excluding carboxylic acids is 1. The first kappa shape index (κ1) is 20.2. The molecule has 1 amide bonds. The Morgan fingerprint density at radius 1 is 1.15 bits per heavy atom. The zero-order valence-corrected chi connectivity index (χ0v) is 16.5. The molecule has 1 N–H and O–H groups in total. The number of rotatable bonds is 10. The van der Waals surface area contributed by atoms with Gasteiger partial charge in [-0.05, 0) is 55.7 Å². The van der Waals surface area contributed by atoms with E-state index in [-0.39, 0.29) is 11.2 Å². The van der Waals surface area contributed by atoms with Gasteiger partial charge in [0.25, 0.3) is 0 Å². The quantitative estimate of drug-likeness (QED) is 0.643. The second kappa shape index (κ2) is 10.8. The molecule has 0 spiro atoms. The van der Waals surface area contributed by atoms with Crippen LogP contribution < -0.4 is 14.8 Å². The van der Waals surface area contributed by atoms with E-state index in [1.165, 1.54) is 11.1 Å². The minimum atomic E-state index is -0.0908. The van der Waals surface area contributed by atoms with Gasteiger partial charge in [0.1, 0.15) is 11.5 Å². The number of aryl methyl sites for hydroxylation is 1. The first-order chi connectivity index (χ1) is 12.6. The third-order valence-corrected chi connectivity index (χ3v) is 5.07. The van der Waals surface area contributed by atoms with Crippen LogP contribution in [0.25, 0.3) is 0 Å². The summed E-state index contributed by atoms with van der Waals surface area (Å²) in [5, 5.41) is 2.90. The molecule has 0 saturated heterocycles. The van der Waals surface area contributed by atoms with Gasteiger partial charge in [0.05, 0.1) is 19.0 Å². The van der Waals surface area contributed by atoms with Crippen LogP contribution >= 0.6 is 11.8 Å². The molecular weight excluding hydrogens is 346 g/mol. The number of hydrogen-bond donors (Lipinski definition) is 1. The maximum absolute atomic E-state index is 12.1. The highest BCUT2D eigenvalue weighted by Gasteiger charge is 2.12. The molecule has 140 valence electrons. The number of hydrogen-bond acceptors (Lipinski definition) is 4. The number of amides is 1. The van der Waals surface area contributed by atoms with Crippen molar-refractivity contribution in [2.75, 3.05) is 26.0 Å². The van der Waals surface area contributed by atoms with Crippen LogP contribution in [0.2, 0.25) is 0 Å². The monoisotopic (exact) mass is 373 g/mol. The normalized spacial score (nSPS) is 11.7. The molecule has 0 heterocycles. The van der Waals surface area contributed by atoms with E-state index in [0.717, 1.165) is 23.7 Å². The minimum absolute atomic E-state index is 0.0686. The summed E-state index contributed by atoms with van der Waals surface area (Å²) in [5.74, 6) is 2.57. The molecule has 2 rings (SSSR count). The molecule has 0 aliphatic heterocycles. The SMILES string of the molecule is COc1ccc(CCNC(=O)C(C)SCCOc2cccc(C)c2)cc1. The van der Waals surface area contributed by atoms with Gasteiger partial charge in [-0.2, -0.15) is 0 Å². The number of ether oxygens (including phenoxy) is 2. The Bertz CT molecular complexity index is 688. The van der Waals surface area contributed by atoms with E-state index in [9.17, 15) is 4.79 Å². The summed E-state index contributed by atoms with van der Waals surface area (Å²) in [4.78, 5) is 12.1. The summed E-state index contributed by atoms with van der Waals surface area (Å²) in [6.45, 7) is 5.20. The van der Waals surface area contributed by atoms with Gasteiger partial charge in [-0.25, -0.2) is 0 Å². The van der Waals surface area contributed by atoms with Gasteiger partial charge in [0.2, 0.25) is 5.91 Å². The molecule has 4 nitrogen and oxygen atoms in total. The molecule has 0 aliphatic rings. The Balaban J connectivity index is 1.60. The highest BCUT2D eigenvalue weighted by molar-refractivity contribution is 8.00. The molecule has 1 atom stereocenters. The lowest BCUT2D eigenvalue weighted by Gasteiger charge is -2.13. The van der Waals surface area contributed by atoms with Crippen LogP contribution in [0.1, 0.15) is 18.1 Å². The van der Waals surface area contributed by atoms with E-state index in [1.54, 1.807) is 18.9 Å². The number of carbonyl (C=O) groups is 1. The molecule has 0 bridgehead atoms. The van der Waals surface area contributed by atoms with Crippen molar-refractivity contribution in [2.45, 2.75) is 25.5 Å². The van der Waals surface area contributed by atoms with E-state index >= 15 is 0 Å². The lowest BCUT2D eigenvalue weighted by molar-refractivity contribution is -0.120. The maximum Gasteiger partial charge on any atom is 0.232 e. The van der Waals surface area contributed by atoms with Crippen molar-refractivity contribution in [1.82, 2.24) is 5.32 Å². The second-order valence-corrected chi connectivity index (χ2v) is 7.52. The van der Waals surface area contributed by atoms with E-state index < -0.39 is 0 Å². The lowest BCUT2D eigenvalue weighted by atomic mass is 10.1.